The van der Waals surface area contributed by atoms with Crippen LogP contribution in [0.5, 0.6) is 0 Å². The number of benzene rings is 1. The van der Waals surface area contributed by atoms with Crippen LogP contribution in [0.25, 0.3) is 0 Å². The molecule has 1 saturated heterocycles. The highest BCUT2D eigenvalue weighted by molar-refractivity contribution is 6.30. The summed E-state index contributed by atoms with van der Waals surface area (Å²) in [6, 6.07) is 4.70. The van der Waals surface area contributed by atoms with E-state index in [4.69, 9.17) is 16.7 Å². The third-order valence-electron chi connectivity index (χ3n) is 3.54. The molecule has 0 bridgehead atoms. The fraction of sp³-hybridized carbons (Fsp3) is 0.462. The lowest BCUT2D eigenvalue weighted by molar-refractivity contribution is -0.141. The van der Waals surface area contributed by atoms with Crippen LogP contribution in [0.1, 0.15) is 24.9 Å². The fourth-order valence-corrected chi connectivity index (χ4v) is 2.51. The van der Waals surface area contributed by atoms with Crippen molar-refractivity contribution in [2.24, 2.45) is 5.92 Å². The van der Waals surface area contributed by atoms with Gasteiger partial charge in [0.15, 0.2) is 0 Å². The van der Waals surface area contributed by atoms with Crippen molar-refractivity contribution in [2.45, 2.75) is 19.4 Å². The van der Waals surface area contributed by atoms with E-state index >= 15 is 0 Å². The number of nitrogens with zero attached hydrogens (tertiary/aromatic N) is 1. The van der Waals surface area contributed by atoms with Gasteiger partial charge in [-0.2, -0.15) is 0 Å². The Balaban J connectivity index is 2.10. The van der Waals surface area contributed by atoms with Crippen LogP contribution in [0.3, 0.4) is 0 Å². The van der Waals surface area contributed by atoms with E-state index in [1.165, 1.54) is 6.07 Å². The highest BCUT2D eigenvalue weighted by Crippen LogP contribution is 2.29. The molecular weight excluding hydrogens is 257 g/mol. The van der Waals surface area contributed by atoms with Crippen molar-refractivity contribution in [3.63, 3.8) is 0 Å². The molecule has 0 saturated carbocycles. The number of likely N-dealkylation sites (tertiary alicyclic amines) is 1. The maximum atomic E-state index is 13.1. The van der Waals surface area contributed by atoms with Crippen LogP contribution >= 0.6 is 11.6 Å². The molecule has 0 radical (unpaired) electrons. The molecule has 0 unspecified atom stereocenters. The standard InChI is InChI=1S/C13H15ClFNO2/c1-8(9-2-3-12(15)11(14)6-9)16-5-4-10(7-16)13(17)18/h2-3,6,8,10H,4-5,7H2,1H3,(H,17,18)/t8-,10+/m1/s1. The molecule has 1 fully saturated rings. The maximum absolute atomic E-state index is 13.1. The number of halogens is 2. The van der Waals surface area contributed by atoms with Gasteiger partial charge in [-0.05, 0) is 37.6 Å². The normalized spacial score (nSPS) is 22.1. The highest BCUT2D eigenvalue weighted by atomic mass is 35.5. The Kier molecular flexibility index (Phi) is 3.88. The van der Waals surface area contributed by atoms with Crippen molar-refractivity contribution < 1.29 is 14.3 Å². The summed E-state index contributed by atoms with van der Waals surface area (Å²) >= 11 is 5.76. The number of carboxylic acid groups (broad SMARTS) is 1. The molecule has 1 aliphatic rings. The number of rotatable bonds is 3. The summed E-state index contributed by atoms with van der Waals surface area (Å²) in [6.07, 6.45) is 0.661. The van der Waals surface area contributed by atoms with Crippen LogP contribution in [-0.2, 0) is 4.79 Å². The van der Waals surface area contributed by atoms with Crippen LogP contribution in [0.15, 0.2) is 18.2 Å². The van der Waals surface area contributed by atoms with Crippen molar-refractivity contribution in [3.8, 4) is 0 Å². The van der Waals surface area contributed by atoms with E-state index in [0.717, 1.165) is 12.1 Å². The topological polar surface area (TPSA) is 40.5 Å². The summed E-state index contributed by atoms with van der Waals surface area (Å²) in [7, 11) is 0. The van der Waals surface area contributed by atoms with E-state index in [1.807, 2.05) is 6.92 Å². The molecule has 98 valence electrons. The number of hydrogen-bond acceptors (Lipinski definition) is 2. The van der Waals surface area contributed by atoms with Gasteiger partial charge in [0, 0.05) is 12.6 Å². The van der Waals surface area contributed by atoms with Gasteiger partial charge in [0.25, 0.3) is 0 Å². The Labute approximate surface area is 110 Å². The summed E-state index contributed by atoms with van der Waals surface area (Å²) < 4.78 is 13.1. The van der Waals surface area contributed by atoms with Gasteiger partial charge in [0.2, 0.25) is 0 Å². The predicted octanol–water partition coefficient (Wildman–Crippen LogP) is 2.95. The van der Waals surface area contributed by atoms with E-state index in [2.05, 4.69) is 4.90 Å². The van der Waals surface area contributed by atoms with Gasteiger partial charge < -0.3 is 5.11 Å². The molecule has 2 rings (SSSR count). The Bertz CT molecular complexity index is 466. The molecule has 0 amide bonds. The first-order chi connectivity index (χ1) is 8.49. The number of hydrogen-bond donors (Lipinski definition) is 1. The molecule has 2 atom stereocenters. The van der Waals surface area contributed by atoms with Gasteiger partial charge >= 0.3 is 5.97 Å². The Morgan fingerprint density at radius 2 is 2.33 bits per heavy atom. The summed E-state index contributed by atoms with van der Waals surface area (Å²) in [5.41, 5.74) is 0.910. The minimum absolute atomic E-state index is 0.0486. The Morgan fingerprint density at radius 1 is 1.61 bits per heavy atom. The molecule has 5 heteroatoms. The molecule has 1 N–H and O–H groups in total. The van der Waals surface area contributed by atoms with Crippen molar-refractivity contribution in [3.05, 3.63) is 34.6 Å². The molecule has 0 aromatic heterocycles. The second kappa shape index (κ2) is 5.24. The first-order valence-electron chi connectivity index (χ1n) is 5.91. The minimum Gasteiger partial charge on any atom is -0.481 e. The molecule has 1 aliphatic heterocycles. The van der Waals surface area contributed by atoms with Crippen LogP contribution in [0.4, 0.5) is 4.39 Å². The summed E-state index contributed by atoms with van der Waals surface area (Å²) in [4.78, 5) is 13.0. The highest BCUT2D eigenvalue weighted by Gasteiger charge is 2.31. The second-order valence-corrected chi connectivity index (χ2v) is 5.08. The van der Waals surface area contributed by atoms with Crippen LogP contribution in [-0.4, -0.2) is 29.1 Å². The van der Waals surface area contributed by atoms with E-state index in [1.54, 1.807) is 12.1 Å². The van der Waals surface area contributed by atoms with Crippen LogP contribution < -0.4 is 0 Å². The van der Waals surface area contributed by atoms with Gasteiger partial charge in [-0.1, -0.05) is 17.7 Å². The van der Waals surface area contributed by atoms with Gasteiger partial charge in [-0.25, -0.2) is 4.39 Å². The van der Waals surface area contributed by atoms with E-state index in [0.29, 0.717) is 13.0 Å². The lowest BCUT2D eigenvalue weighted by atomic mass is 10.1. The Morgan fingerprint density at radius 3 is 2.89 bits per heavy atom. The van der Waals surface area contributed by atoms with E-state index < -0.39 is 11.8 Å². The fourth-order valence-electron chi connectivity index (χ4n) is 2.32. The van der Waals surface area contributed by atoms with Crippen molar-refractivity contribution in [1.82, 2.24) is 4.90 Å². The maximum Gasteiger partial charge on any atom is 0.307 e. The van der Waals surface area contributed by atoms with Gasteiger partial charge in [0.1, 0.15) is 5.82 Å². The van der Waals surface area contributed by atoms with Crippen LogP contribution in [0.2, 0.25) is 5.02 Å². The number of aliphatic carboxylic acids is 1. The van der Waals surface area contributed by atoms with Crippen molar-refractivity contribution >= 4 is 17.6 Å². The molecule has 1 aromatic carbocycles. The molecule has 0 aliphatic carbocycles. The van der Waals surface area contributed by atoms with Crippen LogP contribution in [0, 0.1) is 11.7 Å². The molecule has 18 heavy (non-hydrogen) atoms. The lowest BCUT2D eigenvalue weighted by Gasteiger charge is -2.24. The molecular formula is C13H15ClFNO2. The van der Waals surface area contributed by atoms with Crippen molar-refractivity contribution in [1.29, 1.82) is 0 Å². The molecule has 3 nitrogen and oxygen atoms in total. The van der Waals surface area contributed by atoms with Crippen molar-refractivity contribution in [2.75, 3.05) is 13.1 Å². The third kappa shape index (κ3) is 2.65. The van der Waals surface area contributed by atoms with Gasteiger partial charge in [-0.15, -0.1) is 0 Å². The average molecular weight is 272 g/mol. The average Bonchev–Trinajstić information content (AvgIpc) is 2.81. The summed E-state index contributed by atoms with van der Waals surface area (Å²) in [5.74, 6) is -1.48. The smallest absolute Gasteiger partial charge is 0.307 e. The minimum atomic E-state index is -0.748. The van der Waals surface area contributed by atoms with Gasteiger partial charge in [-0.3, -0.25) is 9.69 Å². The largest absolute Gasteiger partial charge is 0.481 e. The van der Waals surface area contributed by atoms with E-state index in [-0.39, 0.29) is 17.0 Å². The molecule has 0 spiro atoms. The second-order valence-electron chi connectivity index (χ2n) is 4.67. The lowest BCUT2D eigenvalue weighted by Crippen LogP contribution is -2.26. The zero-order chi connectivity index (χ0) is 13.3. The quantitative estimate of drug-likeness (QED) is 0.919. The summed E-state index contributed by atoms with van der Waals surface area (Å²) in [6.45, 7) is 3.26. The van der Waals surface area contributed by atoms with Gasteiger partial charge in [0.05, 0.1) is 10.9 Å². The van der Waals surface area contributed by atoms with E-state index in [9.17, 15) is 9.18 Å². The third-order valence-corrected chi connectivity index (χ3v) is 3.83. The number of carbonyl (C=O) groups is 1. The zero-order valence-electron chi connectivity index (χ0n) is 10.1. The predicted molar refractivity (Wildman–Crippen MR) is 67.1 cm³/mol. The monoisotopic (exact) mass is 271 g/mol. The molecule has 1 aromatic rings. The molecule has 1 heterocycles. The summed E-state index contributed by atoms with van der Waals surface area (Å²) in [5, 5.41) is 9.07. The Hall–Kier alpha value is -1.13. The number of carboxylic acids is 1. The SMILES string of the molecule is C[C@H](c1ccc(F)c(Cl)c1)N1CC[C@H](C(=O)O)C1. The first kappa shape index (κ1) is 13.3. The first-order valence-corrected chi connectivity index (χ1v) is 6.28. The zero-order valence-corrected chi connectivity index (χ0v) is 10.8.